The molecule has 0 aromatic heterocycles. The Hall–Kier alpha value is -3.54. The van der Waals surface area contributed by atoms with Gasteiger partial charge in [-0.1, -0.05) is 36.4 Å². The molecule has 2 N–H and O–H groups in total. The summed E-state index contributed by atoms with van der Waals surface area (Å²) in [5, 5.41) is 13.4. The van der Waals surface area contributed by atoms with Crippen molar-refractivity contribution in [2.75, 3.05) is 19.5 Å². The first-order valence-electron chi connectivity index (χ1n) is 9.51. The van der Waals surface area contributed by atoms with Gasteiger partial charge in [0.2, 0.25) is 0 Å². The highest BCUT2D eigenvalue weighted by molar-refractivity contribution is 5.78. The van der Waals surface area contributed by atoms with Crippen molar-refractivity contribution in [1.29, 1.82) is 0 Å². The van der Waals surface area contributed by atoms with Gasteiger partial charge < -0.3 is 19.9 Å². The van der Waals surface area contributed by atoms with Gasteiger partial charge in [-0.2, -0.15) is 0 Å². The molecule has 3 aromatic rings. The van der Waals surface area contributed by atoms with E-state index < -0.39 is 17.7 Å². The van der Waals surface area contributed by atoms with Crippen LogP contribution in [0.5, 0.6) is 11.5 Å². The van der Waals surface area contributed by atoms with Crippen LogP contribution in [0, 0.1) is 5.82 Å². The Bertz CT molecular complexity index is 1030. The number of ether oxygens (including phenoxy) is 2. The molecule has 1 atom stereocenters. The van der Waals surface area contributed by atoms with Gasteiger partial charge in [-0.15, -0.1) is 0 Å². The number of hydrogen-bond acceptors (Lipinski definition) is 5. The minimum Gasteiger partial charge on any atom is -0.504 e. The van der Waals surface area contributed by atoms with E-state index in [9.17, 15) is 14.3 Å². The number of rotatable bonds is 7. The van der Waals surface area contributed by atoms with Crippen LogP contribution in [-0.4, -0.2) is 25.3 Å². The van der Waals surface area contributed by atoms with Gasteiger partial charge in [-0.3, -0.25) is 4.79 Å². The fourth-order valence-electron chi connectivity index (χ4n) is 3.19. The summed E-state index contributed by atoms with van der Waals surface area (Å²) in [5.41, 5.74) is 3.28. The average Bonchev–Trinajstić information content (AvgIpc) is 2.77. The summed E-state index contributed by atoms with van der Waals surface area (Å²) in [5.74, 6) is -0.805. The number of aromatic hydroxyl groups is 1. The van der Waals surface area contributed by atoms with Gasteiger partial charge in [0.1, 0.15) is 5.82 Å². The van der Waals surface area contributed by atoms with E-state index in [2.05, 4.69) is 5.32 Å². The van der Waals surface area contributed by atoms with Crippen molar-refractivity contribution in [3.63, 3.8) is 0 Å². The minimum absolute atomic E-state index is 0.104. The van der Waals surface area contributed by atoms with E-state index in [1.807, 2.05) is 36.4 Å². The maximum Gasteiger partial charge on any atom is 0.312 e. The standard InChI is InChI=1S/C24H24FNO4/c1-15(24(28)30-3)17-9-12-20(21(25)13-17)16-7-10-19(11-8-16)26-14-18-5-4-6-22(29-2)23(18)27/h4-13,15,26-27H,14H2,1-3H3. The number of phenolic OH excluding ortho intramolecular Hbond substituents is 1. The van der Waals surface area contributed by atoms with Crippen LogP contribution in [0.1, 0.15) is 24.0 Å². The van der Waals surface area contributed by atoms with Gasteiger partial charge in [0.05, 0.1) is 20.1 Å². The Labute approximate surface area is 175 Å². The Morgan fingerprint density at radius 3 is 2.47 bits per heavy atom. The van der Waals surface area contributed by atoms with Crippen LogP contribution >= 0.6 is 0 Å². The lowest BCUT2D eigenvalue weighted by Crippen LogP contribution is -2.11. The lowest BCUT2D eigenvalue weighted by atomic mass is 9.97. The van der Waals surface area contributed by atoms with E-state index in [4.69, 9.17) is 9.47 Å². The van der Waals surface area contributed by atoms with Gasteiger partial charge in [0.15, 0.2) is 11.5 Å². The molecule has 3 aromatic carbocycles. The van der Waals surface area contributed by atoms with Crippen molar-refractivity contribution in [3.8, 4) is 22.6 Å². The lowest BCUT2D eigenvalue weighted by Gasteiger charge is -2.13. The zero-order valence-corrected chi connectivity index (χ0v) is 17.1. The molecule has 3 rings (SSSR count). The smallest absolute Gasteiger partial charge is 0.312 e. The number of anilines is 1. The van der Waals surface area contributed by atoms with Gasteiger partial charge >= 0.3 is 5.97 Å². The molecule has 0 radical (unpaired) electrons. The van der Waals surface area contributed by atoms with E-state index in [0.717, 1.165) is 11.3 Å². The summed E-state index contributed by atoms with van der Waals surface area (Å²) in [7, 11) is 2.82. The number of carbonyl (C=O) groups is 1. The first-order chi connectivity index (χ1) is 14.4. The van der Waals surface area contributed by atoms with Crippen molar-refractivity contribution in [3.05, 3.63) is 77.6 Å². The largest absolute Gasteiger partial charge is 0.504 e. The molecular weight excluding hydrogens is 385 g/mol. The number of esters is 1. The van der Waals surface area contributed by atoms with Gasteiger partial charge in [-0.25, -0.2) is 4.39 Å². The molecule has 0 bridgehead atoms. The van der Waals surface area contributed by atoms with E-state index in [-0.39, 0.29) is 5.75 Å². The van der Waals surface area contributed by atoms with Crippen LogP contribution in [0.25, 0.3) is 11.1 Å². The molecule has 5 nitrogen and oxygen atoms in total. The summed E-state index contributed by atoms with van der Waals surface area (Å²) in [6.07, 6.45) is 0. The molecule has 0 fully saturated rings. The van der Waals surface area contributed by atoms with E-state index in [1.165, 1.54) is 20.3 Å². The normalized spacial score (nSPS) is 11.6. The van der Waals surface area contributed by atoms with Gasteiger partial charge in [0, 0.05) is 23.4 Å². The van der Waals surface area contributed by atoms with Crippen LogP contribution < -0.4 is 10.1 Å². The number of halogens is 1. The molecular formula is C24H24FNO4. The van der Waals surface area contributed by atoms with Crippen LogP contribution in [0.3, 0.4) is 0 Å². The zero-order chi connectivity index (χ0) is 21.7. The third kappa shape index (κ3) is 4.54. The van der Waals surface area contributed by atoms with Crippen LogP contribution in [-0.2, 0) is 16.1 Å². The number of carbonyl (C=O) groups excluding carboxylic acids is 1. The fraction of sp³-hybridized carbons (Fsp3) is 0.208. The van der Waals surface area contributed by atoms with Crippen LogP contribution in [0.15, 0.2) is 60.7 Å². The molecule has 0 aliphatic carbocycles. The van der Waals surface area contributed by atoms with Gasteiger partial charge in [-0.05, 0) is 42.3 Å². The average molecular weight is 409 g/mol. The molecule has 0 heterocycles. The van der Waals surface area contributed by atoms with Crippen LogP contribution in [0.4, 0.5) is 10.1 Å². The second-order valence-electron chi connectivity index (χ2n) is 6.88. The second kappa shape index (κ2) is 9.31. The molecule has 6 heteroatoms. The topological polar surface area (TPSA) is 67.8 Å². The third-order valence-corrected chi connectivity index (χ3v) is 5.03. The predicted octanol–water partition coefficient (Wildman–Crippen LogP) is 5.10. The van der Waals surface area contributed by atoms with Crippen molar-refractivity contribution >= 4 is 11.7 Å². The highest BCUT2D eigenvalue weighted by Gasteiger charge is 2.17. The summed E-state index contributed by atoms with van der Waals surface area (Å²) in [4.78, 5) is 11.7. The van der Waals surface area contributed by atoms with Crippen molar-refractivity contribution in [1.82, 2.24) is 0 Å². The number of benzene rings is 3. The molecule has 0 aliphatic rings. The molecule has 0 aliphatic heterocycles. The molecule has 156 valence electrons. The third-order valence-electron chi connectivity index (χ3n) is 5.03. The molecule has 0 spiro atoms. The Balaban J connectivity index is 1.72. The fourth-order valence-corrected chi connectivity index (χ4v) is 3.19. The second-order valence-corrected chi connectivity index (χ2v) is 6.88. The van der Waals surface area contributed by atoms with Gasteiger partial charge in [0.25, 0.3) is 0 Å². The van der Waals surface area contributed by atoms with Crippen molar-refractivity contribution in [2.45, 2.75) is 19.4 Å². The highest BCUT2D eigenvalue weighted by atomic mass is 19.1. The Morgan fingerprint density at radius 2 is 1.83 bits per heavy atom. The van der Waals surface area contributed by atoms with Crippen LogP contribution in [0.2, 0.25) is 0 Å². The molecule has 0 saturated carbocycles. The summed E-state index contributed by atoms with van der Waals surface area (Å²) in [6.45, 7) is 2.09. The maximum atomic E-state index is 14.6. The van der Waals surface area contributed by atoms with E-state index >= 15 is 0 Å². The van der Waals surface area contributed by atoms with E-state index in [1.54, 1.807) is 25.1 Å². The molecule has 0 amide bonds. The number of methoxy groups -OCH3 is 2. The first-order valence-corrected chi connectivity index (χ1v) is 9.51. The number of hydrogen-bond donors (Lipinski definition) is 2. The van der Waals surface area contributed by atoms with E-state index in [0.29, 0.717) is 29.0 Å². The number of para-hydroxylation sites is 1. The molecule has 0 saturated heterocycles. The monoisotopic (exact) mass is 409 g/mol. The summed E-state index contributed by atoms with van der Waals surface area (Å²) in [6, 6.07) is 17.4. The predicted molar refractivity (Wildman–Crippen MR) is 114 cm³/mol. The van der Waals surface area contributed by atoms with Crippen molar-refractivity contribution < 1.29 is 23.8 Å². The molecule has 1 unspecified atom stereocenters. The quantitative estimate of drug-likeness (QED) is 0.532. The highest BCUT2D eigenvalue weighted by Crippen LogP contribution is 2.31. The zero-order valence-electron chi connectivity index (χ0n) is 17.1. The number of phenols is 1. The Kier molecular flexibility index (Phi) is 6.57. The lowest BCUT2D eigenvalue weighted by molar-refractivity contribution is -0.141. The Morgan fingerprint density at radius 1 is 1.10 bits per heavy atom. The first kappa shape index (κ1) is 21.2. The number of nitrogens with one attached hydrogen (secondary N) is 1. The minimum atomic E-state index is -0.529. The SMILES string of the molecule is COC(=O)C(C)c1ccc(-c2ccc(NCc3cccc(OC)c3O)cc2)c(F)c1. The summed E-state index contributed by atoms with van der Waals surface area (Å²) >= 11 is 0. The maximum absolute atomic E-state index is 14.6. The molecule has 30 heavy (non-hydrogen) atoms. The van der Waals surface area contributed by atoms with Crippen molar-refractivity contribution in [2.24, 2.45) is 0 Å². The summed E-state index contributed by atoms with van der Waals surface area (Å²) < 4.78 is 24.5.